The summed E-state index contributed by atoms with van der Waals surface area (Å²) in [5, 5.41) is 7.24. The Bertz CT molecular complexity index is 1280. The quantitative estimate of drug-likeness (QED) is 0.253. The molecule has 0 atom stereocenters. The lowest BCUT2D eigenvalue weighted by Crippen LogP contribution is -2.15. The second-order valence-corrected chi connectivity index (χ2v) is 6.42. The van der Waals surface area contributed by atoms with Gasteiger partial charge in [-0.3, -0.25) is 4.79 Å². The summed E-state index contributed by atoms with van der Waals surface area (Å²) in [6.07, 6.45) is -4.80. The summed E-state index contributed by atoms with van der Waals surface area (Å²) in [6, 6.07) is 13.2. The smallest absolute Gasteiger partial charge is 0.422 e. The fourth-order valence-electron chi connectivity index (χ4n) is 2.91. The molecule has 0 aliphatic carbocycles. The molecule has 4 aromatic rings. The van der Waals surface area contributed by atoms with Crippen molar-refractivity contribution in [3.05, 3.63) is 65.7 Å². The topological polar surface area (TPSA) is 108 Å². The third kappa shape index (κ3) is 3.87. The molecule has 11 heteroatoms. The minimum absolute atomic E-state index is 0.0529. The summed E-state index contributed by atoms with van der Waals surface area (Å²) in [5.74, 6) is -3.16. The van der Waals surface area contributed by atoms with Gasteiger partial charge in [0.15, 0.2) is 0 Å². The number of carbonyl (C=O) groups excluding carboxylic acids is 2. The Morgan fingerprint density at radius 1 is 0.906 bits per heavy atom. The van der Waals surface area contributed by atoms with Crippen molar-refractivity contribution in [1.82, 2.24) is 15.3 Å². The molecule has 4 rings (SSSR count). The zero-order valence-corrected chi connectivity index (χ0v) is 16.2. The van der Waals surface area contributed by atoms with Gasteiger partial charge in [-0.2, -0.15) is 18.2 Å². The van der Waals surface area contributed by atoms with Gasteiger partial charge in [0.05, 0.1) is 7.11 Å². The van der Waals surface area contributed by atoms with Crippen LogP contribution in [0.1, 0.15) is 15.9 Å². The number of ether oxygens (including phenoxy) is 1. The van der Waals surface area contributed by atoms with E-state index in [4.69, 9.17) is 9.05 Å². The zero-order valence-electron chi connectivity index (χ0n) is 16.2. The van der Waals surface area contributed by atoms with E-state index in [1.807, 2.05) is 0 Å². The van der Waals surface area contributed by atoms with E-state index in [1.165, 1.54) is 36.4 Å². The third-order valence-electron chi connectivity index (χ3n) is 4.42. The molecule has 2 aromatic carbocycles. The van der Waals surface area contributed by atoms with Crippen LogP contribution in [0, 0.1) is 0 Å². The van der Waals surface area contributed by atoms with Crippen LogP contribution in [-0.4, -0.2) is 34.2 Å². The van der Waals surface area contributed by atoms with Crippen molar-refractivity contribution in [1.29, 1.82) is 0 Å². The van der Waals surface area contributed by atoms with E-state index in [-0.39, 0.29) is 17.0 Å². The van der Waals surface area contributed by atoms with Crippen LogP contribution in [0.25, 0.3) is 34.3 Å². The van der Waals surface area contributed by atoms with Crippen molar-refractivity contribution >= 4 is 11.8 Å². The minimum Gasteiger partial charge on any atom is -0.463 e. The fraction of sp³-hybridized carbons (Fsp3) is 0.0952. The summed E-state index contributed by atoms with van der Waals surface area (Å²) in [6.45, 7) is 0. The third-order valence-corrected chi connectivity index (χ3v) is 4.42. The number of nitrogens with zero attached hydrogens (tertiary/aromatic N) is 3. The summed E-state index contributed by atoms with van der Waals surface area (Å²) in [4.78, 5) is 27.1. The molecule has 0 spiro atoms. The first-order valence-corrected chi connectivity index (χ1v) is 8.99. The first kappa shape index (κ1) is 21.0. The minimum atomic E-state index is -4.80. The first-order chi connectivity index (χ1) is 15.3. The highest BCUT2D eigenvalue weighted by Crippen LogP contribution is 2.43. The highest BCUT2D eigenvalue weighted by Gasteiger charge is 2.42. The van der Waals surface area contributed by atoms with Crippen LogP contribution in [0.3, 0.4) is 0 Å². The van der Waals surface area contributed by atoms with Gasteiger partial charge in [-0.25, -0.2) is 4.79 Å². The second kappa shape index (κ2) is 8.10. The number of hydrogen-bond acceptors (Lipinski definition) is 8. The first-order valence-electron chi connectivity index (χ1n) is 8.99. The molecule has 0 unspecified atom stereocenters. The monoisotopic (exact) mass is 443 g/mol. The molecule has 0 aliphatic heterocycles. The fourth-order valence-corrected chi connectivity index (χ4v) is 2.91. The summed E-state index contributed by atoms with van der Waals surface area (Å²) in [7, 11) is 1.08. The second-order valence-electron chi connectivity index (χ2n) is 6.42. The number of aromatic nitrogens is 3. The number of rotatable bonds is 5. The molecule has 8 nitrogen and oxygen atoms in total. The Morgan fingerprint density at radius 2 is 1.59 bits per heavy atom. The molecule has 162 valence electrons. The Kier molecular flexibility index (Phi) is 5.31. The van der Waals surface area contributed by atoms with Crippen LogP contribution in [0.2, 0.25) is 0 Å². The van der Waals surface area contributed by atoms with Gasteiger partial charge in [0.2, 0.25) is 11.6 Å². The van der Waals surface area contributed by atoms with Gasteiger partial charge in [0.1, 0.15) is 11.3 Å². The Balaban J connectivity index is 1.69. The summed E-state index contributed by atoms with van der Waals surface area (Å²) in [5.41, 5.74) is -0.943. The van der Waals surface area contributed by atoms with Crippen LogP contribution < -0.4 is 0 Å². The van der Waals surface area contributed by atoms with Crippen molar-refractivity contribution < 1.29 is 36.5 Å². The van der Waals surface area contributed by atoms with Gasteiger partial charge in [0, 0.05) is 16.7 Å². The molecule has 0 saturated carbocycles. The predicted octanol–water partition coefficient (Wildman–Crippen LogP) is 4.43. The average molecular weight is 443 g/mol. The van der Waals surface area contributed by atoms with Gasteiger partial charge in [-0.15, -0.1) is 0 Å². The number of ketones is 1. The number of methoxy groups -OCH3 is 1. The van der Waals surface area contributed by atoms with Crippen LogP contribution in [0.5, 0.6) is 0 Å². The zero-order chi connectivity index (χ0) is 22.9. The molecular weight excluding hydrogens is 431 g/mol. The molecular formula is C21H12F3N3O5. The molecule has 2 aromatic heterocycles. The van der Waals surface area contributed by atoms with Crippen molar-refractivity contribution in [2.45, 2.75) is 6.18 Å². The maximum Gasteiger partial charge on any atom is 0.422 e. The van der Waals surface area contributed by atoms with E-state index in [9.17, 15) is 22.8 Å². The van der Waals surface area contributed by atoms with Crippen LogP contribution in [-0.2, 0) is 15.7 Å². The van der Waals surface area contributed by atoms with E-state index < -0.39 is 40.8 Å². The molecule has 0 radical (unpaired) electrons. The number of alkyl halides is 3. The lowest BCUT2D eigenvalue weighted by molar-refractivity contribution is -0.137. The highest BCUT2D eigenvalue weighted by molar-refractivity contribution is 6.40. The molecule has 0 aliphatic rings. The van der Waals surface area contributed by atoms with E-state index in [2.05, 4.69) is 20.0 Å². The molecule has 32 heavy (non-hydrogen) atoms. The molecule has 0 bridgehead atoms. The van der Waals surface area contributed by atoms with Crippen LogP contribution in [0.15, 0.2) is 63.6 Å². The van der Waals surface area contributed by atoms with Crippen molar-refractivity contribution in [2.24, 2.45) is 0 Å². The van der Waals surface area contributed by atoms with Crippen molar-refractivity contribution in [3.63, 3.8) is 0 Å². The number of halogens is 3. The van der Waals surface area contributed by atoms with Gasteiger partial charge >= 0.3 is 12.1 Å². The van der Waals surface area contributed by atoms with E-state index >= 15 is 0 Å². The maximum absolute atomic E-state index is 13.8. The number of hydrogen-bond donors (Lipinski definition) is 0. The molecule has 0 saturated heterocycles. The largest absolute Gasteiger partial charge is 0.463 e. The van der Waals surface area contributed by atoms with Gasteiger partial charge < -0.3 is 13.8 Å². The molecule has 0 amide bonds. The summed E-state index contributed by atoms with van der Waals surface area (Å²) >= 11 is 0. The Labute approximate surface area is 177 Å². The van der Waals surface area contributed by atoms with E-state index in [1.54, 1.807) is 18.2 Å². The van der Waals surface area contributed by atoms with Crippen molar-refractivity contribution in [2.75, 3.05) is 7.11 Å². The summed E-state index contributed by atoms with van der Waals surface area (Å²) < 4.78 is 55.7. The number of Topliss-reactive ketones (excluding diaryl/α,β-unsaturated/α-hetero) is 1. The van der Waals surface area contributed by atoms with E-state index in [0.29, 0.717) is 5.56 Å². The Morgan fingerprint density at radius 3 is 2.22 bits per heavy atom. The lowest BCUT2D eigenvalue weighted by atomic mass is 10.1. The SMILES string of the molecule is COC(=O)C(=O)c1ccc(-c2noc(-c3onc(-c4ccccc4)c3C(F)(F)F)n2)cc1. The number of carbonyl (C=O) groups is 2. The standard InChI is InChI=1S/C21H12F3N3O5/c1-30-20(29)16(28)12-7-9-13(10-8-12)18-25-19(32-27-18)17-14(21(22,23)24)15(26-31-17)11-5-3-2-4-6-11/h2-10H,1H3. The average Bonchev–Trinajstić information content (AvgIpc) is 3.46. The normalized spacial score (nSPS) is 11.4. The number of esters is 1. The number of benzene rings is 2. The van der Waals surface area contributed by atoms with Gasteiger partial charge in [-0.05, 0) is 0 Å². The van der Waals surface area contributed by atoms with Gasteiger partial charge in [-0.1, -0.05) is 64.9 Å². The van der Waals surface area contributed by atoms with Gasteiger partial charge in [0.25, 0.3) is 11.7 Å². The molecule has 0 fully saturated rings. The lowest BCUT2D eigenvalue weighted by Gasteiger charge is -2.06. The molecule has 2 heterocycles. The Hall–Kier alpha value is -4.28. The maximum atomic E-state index is 13.8. The van der Waals surface area contributed by atoms with Crippen molar-refractivity contribution in [3.8, 4) is 34.3 Å². The molecule has 0 N–H and O–H groups in total. The predicted molar refractivity (Wildman–Crippen MR) is 102 cm³/mol. The van der Waals surface area contributed by atoms with Crippen LogP contribution >= 0.6 is 0 Å². The van der Waals surface area contributed by atoms with E-state index in [0.717, 1.165) is 7.11 Å². The highest BCUT2D eigenvalue weighted by atomic mass is 19.4. The van der Waals surface area contributed by atoms with Crippen LogP contribution in [0.4, 0.5) is 13.2 Å².